The van der Waals surface area contributed by atoms with Crippen molar-refractivity contribution in [2.75, 3.05) is 6.54 Å². The Bertz CT molecular complexity index is 526. The number of halogens is 1. The van der Waals surface area contributed by atoms with Crippen molar-refractivity contribution in [1.29, 1.82) is 0 Å². The second-order valence-corrected chi connectivity index (χ2v) is 4.92. The first-order valence-corrected chi connectivity index (χ1v) is 5.90. The van der Waals surface area contributed by atoms with Crippen LogP contribution in [-0.2, 0) is 5.54 Å². The van der Waals surface area contributed by atoms with Gasteiger partial charge in [0.2, 0.25) is 0 Å². The molecule has 1 aliphatic rings. The van der Waals surface area contributed by atoms with Crippen LogP contribution in [0.15, 0.2) is 18.2 Å². The molecular weight excluding hydrogens is 234 g/mol. The summed E-state index contributed by atoms with van der Waals surface area (Å²) in [7, 11) is 0. The molecule has 1 unspecified atom stereocenters. The summed E-state index contributed by atoms with van der Waals surface area (Å²) in [5.74, 6) is 1.08. The molecule has 0 bridgehead atoms. The van der Waals surface area contributed by atoms with Gasteiger partial charge in [-0.05, 0) is 44.9 Å². The van der Waals surface area contributed by atoms with Crippen LogP contribution in [0.3, 0.4) is 0 Å². The number of fused-ring (bicyclic) bond motifs is 1. The SMILES string of the molecule is Cc1cccc2nc(C3(C)CCCN3)[nH]c12.Cl. The van der Waals surface area contributed by atoms with E-state index >= 15 is 0 Å². The molecular formula is C13H18ClN3. The van der Waals surface area contributed by atoms with Gasteiger partial charge in [0.05, 0.1) is 16.6 Å². The van der Waals surface area contributed by atoms with Crippen LogP contribution in [0.1, 0.15) is 31.2 Å². The maximum atomic E-state index is 4.71. The predicted molar refractivity (Wildman–Crippen MR) is 72.7 cm³/mol. The third-order valence-electron chi connectivity index (χ3n) is 3.62. The van der Waals surface area contributed by atoms with E-state index in [1.807, 2.05) is 0 Å². The topological polar surface area (TPSA) is 40.7 Å². The molecule has 2 N–H and O–H groups in total. The number of nitrogens with zero attached hydrogens (tertiary/aromatic N) is 1. The molecule has 1 aromatic heterocycles. The van der Waals surface area contributed by atoms with Crippen LogP contribution in [0.2, 0.25) is 0 Å². The molecule has 17 heavy (non-hydrogen) atoms. The maximum Gasteiger partial charge on any atom is 0.127 e. The van der Waals surface area contributed by atoms with Crippen molar-refractivity contribution in [2.45, 2.75) is 32.2 Å². The Balaban J connectivity index is 0.00000108. The zero-order valence-electron chi connectivity index (χ0n) is 10.2. The van der Waals surface area contributed by atoms with Gasteiger partial charge in [-0.15, -0.1) is 12.4 Å². The zero-order chi connectivity index (χ0) is 11.2. The summed E-state index contributed by atoms with van der Waals surface area (Å²) in [6, 6.07) is 6.25. The highest BCUT2D eigenvalue weighted by Crippen LogP contribution is 2.30. The fourth-order valence-electron chi connectivity index (χ4n) is 2.53. The first-order chi connectivity index (χ1) is 7.69. The Morgan fingerprint density at radius 3 is 2.82 bits per heavy atom. The number of aromatic nitrogens is 2. The molecule has 1 atom stereocenters. The van der Waals surface area contributed by atoms with Gasteiger partial charge in [0, 0.05) is 0 Å². The average Bonchev–Trinajstić information content (AvgIpc) is 2.85. The summed E-state index contributed by atoms with van der Waals surface area (Å²) in [4.78, 5) is 8.18. The fourth-order valence-corrected chi connectivity index (χ4v) is 2.53. The Hall–Kier alpha value is -1.06. The summed E-state index contributed by atoms with van der Waals surface area (Å²) in [5.41, 5.74) is 3.54. The number of hydrogen-bond acceptors (Lipinski definition) is 2. The molecule has 2 heterocycles. The first kappa shape index (κ1) is 12.4. The number of imidazole rings is 1. The monoisotopic (exact) mass is 251 g/mol. The molecule has 92 valence electrons. The van der Waals surface area contributed by atoms with Crippen LogP contribution in [0.25, 0.3) is 11.0 Å². The Morgan fingerprint density at radius 2 is 2.18 bits per heavy atom. The summed E-state index contributed by atoms with van der Waals surface area (Å²) >= 11 is 0. The number of H-pyrrole nitrogens is 1. The summed E-state index contributed by atoms with van der Waals surface area (Å²) < 4.78 is 0. The van der Waals surface area contributed by atoms with E-state index in [0.29, 0.717) is 0 Å². The summed E-state index contributed by atoms with van der Waals surface area (Å²) in [5, 5.41) is 3.54. The summed E-state index contributed by atoms with van der Waals surface area (Å²) in [6.07, 6.45) is 2.39. The van der Waals surface area contributed by atoms with Crippen LogP contribution >= 0.6 is 12.4 Å². The second-order valence-electron chi connectivity index (χ2n) is 4.92. The quantitative estimate of drug-likeness (QED) is 0.818. The minimum absolute atomic E-state index is 0. The molecule has 1 aromatic carbocycles. The minimum Gasteiger partial charge on any atom is -0.340 e. The van der Waals surface area contributed by atoms with Crippen molar-refractivity contribution < 1.29 is 0 Å². The fraction of sp³-hybridized carbons (Fsp3) is 0.462. The maximum absolute atomic E-state index is 4.71. The van der Waals surface area contributed by atoms with Gasteiger partial charge in [0.1, 0.15) is 5.82 Å². The van der Waals surface area contributed by atoms with Gasteiger partial charge < -0.3 is 10.3 Å². The molecule has 2 aromatic rings. The van der Waals surface area contributed by atoms with Gasteiger partial charge >= 0.3 is 0 Å². The van der Waals surface area contributed by atoms with Crippen molar-refractivity contribution in [1.82, 2.24) is 15.3 Å². The molecule has 1 aliphatic heterocycles. The molecule has 1 saturated heterocycles. The van der Waals surface area contributed by atoms with Gasteiger partial charge in [-0.25, -0.2) is 4.98 Å². The van der Waals surface area contributed by atoms with E-state index in [1.54, 1.807) is 0 Å². The molecule has 0 saturated carbocycles. The van der Waals surface area contributed by atoms with Gasteiger partial charge in [0.25, 0.3) is 0 Å². The molecule has 0 radical (unpaired) electrons. The lowest BCUT2D eigenvalue weighted by atomic mass is 10.00. The van der Waals surface area contributed by atoms with Crippen molar-refractivity contribution in [3.63, 3.8) is 0 Å². The Labute approximate surface area is 107 Å². The molecule has 0 aliphatic carbocycles. The average molecular weight is 252 g/mol. The lowest BCUT2D eigenvalue weighted by Gasteiger charge is -2.21. The van der Waals surface area contributed by atoms with Crippen LogP contribution in [0.5, 0.6) is 0 Å². The molecule has 0 spiro atoms. The Kier molecular flexibility index (Phi) is 3.15. The third kappa shape index (κ3) is 1.94. The van der Waals surface area contributed by atoms with E-state index in [9.17, 15) is 0 Å². The predicted octanol–water partition coefficient (Wildman–Crippen LogP) is 2.89. The number of nitrogens with one attached hydrogen (secondary N) is 2. The molecule has 3 rings (SSSR count). The van der Waals surface area contributed by atoms with Gasteiger partial charge in [-0.1, -0.05) is 12.1 Å². The lowest BCUT2D eigenvalue weighted by molar-refractivity contribution is 0.412. The van der Waals surface area contributed by atoms with Crippen molar-refractivity contribution >= 4 is 23.4 Å². The van der Waals surface area contributed by atoms with Crippen LogP contribution in [0, 0.1) is 6.92 Å². The molecule has 1 fully saturated rings. The number of hydrogen-bond donors (Lipinski definition) is 2. The van der Waals surface area contributed by atoms with E-state index in [1.165, 1.54) is 17.5 Å². The van der Waals surface area contributed by atoms with E-state index in [2.05, 4.69) is 42.3 Å². The third-order valence-corrected chi connectivity index (χ3v) is 3.62. The second kappa shape index (κ2) is 4.31. The van der Waals surface area contributed by atoms with Crippen LogP contribution in [-0.4, -0.2) is 16.5 Å². The van der Waals surface area contributed by atoms with Crippen molar-refractivity contribution in [3.8, 4) is 0 Å². The standard InChI is InChI=1S/C13H17N3.ClH/c1-9-5-3-6-10-11(9)16-12(15-10)13(2)7-4-8-14-13;/h3,5-6,14H,4,7-8H2,1-2H3,(H,15,16);1H. The highest BCUT2D eigenvalue weighted by Gasteiger charge is 2.32. The first-order valence-electron chi connectivity index (χ1n) is 5.90. The smallest absolute Gasteiger partial charge is 0.127 e. The number of aromatic amines is 1. The normalized spacial score (nSPS) is 23.9. The van der Waals surface area contributed by atoms with Crippen LogP contribution in [0.4, 0.5) is 0 Å². The van der Waals surface area contributed by atoms with Gasteiger partial charge in [-0.2, -0.15) is 0 Å². The molecule has 0 amide bonds. The van der Waals surface area contributed by atoms with Crippen LogP contribution < -0.4 is 5.32 Å². The number of aryl methyl sites for hydroxylation is 1. The highest BCUT2D eigenvalue weighted by molar-refractivity contribution is 5.85. The highest BCUT2D eigenvalue weighted by atomic mass is 35.5. The lowest BCUT2D eigenvalue weighted by Crippen LogP contribution is -2.34. The summed E-state index contributed by atoms with van der Waals surface area (Å²) in [6.45, 7) is 5.44. The van der Waals surface area contributed by atoms with Crippen molar-refractivity contribution in [2.24, 2.45) is 0 Å². The molecule has 3 nitrogen and oxygen atoms in total. The largest absolute Gasteiger partial charge is 0.340 e. The number of rotatable bonds is 1. The number of benzene rings is 1. The molecule has 4 heteroatoms. The van der Waals surface area contributed by atoms with Crippen molar-refractivity contribution in [3.05, 3.63) is 29.6 Å². The van der Waals surface area contributed by atoms with E-state index in [4.69, 9.17) is 4.98 Å². The minimum atomic E-state index is 0. The zero-order valence-corrected chi connectivity index (χ0v) is 11.0. The van der Waals surface area contributed by atoms with Gasteiger partial charge in [0.15, 0.2) is 0 Å². The Morgan fingerprint density at radius 1 is 1.35 bits per heavy atom. The van der Waals surface area contributed by atoms with E-state index < -0.39 is 0 Å². The number of para-hydroxylation sites is 1. The van der Waals surface area contributed by atoms with E-state index in [-0.39, 0.29) is 17.9 Å². The van der Waals surface area contributed by atoms with E-state index in [0.717, 1.165) is 24.3 Å². The van der Waals surface area contributed by atoms with Gasteiger partial charge in [-0.3, -0.25) is 0 Å².